The molecule has 0 radical (unpaired) electrons. The SMILES string of the molecule is CCCCCCC1(CCCCCC)c2cc(-c3c4ccccc4c(-c4ccc(N(c5ccccc5)c5ccccc5)cc4)c4ccccc34)ccc2-c2ccc(-c3c4ccccc4c(-c4ccc(N(c5ccccc5)c5ccccc5)cc4)c4ccccc34)cc21. The monoisotopic (exact) mass is 1170 g/mol. The van der Waals surface area contributed by atoms with Gasteiger partial charge in [-0.05, 0) is 208 Å². The van der Waals surface area contributed by atoms with E-state index in [9.17, 15) is 0 Å². The zero-order valence-electron chi connectivity index (χ0n) is 52.3. The van der Waals surface area contributed by atoms with Crippen LogP contribution in [0.25, 0.3) is 98.7 Å². The Kier molecular flexibility index (Phi) is 15.9. The second-order valence-corrected chi connectivity index (χ2v) is 25.0. The van der Waals surface area contributed by atoms with Gasteiger partial charge in [0.05, 0.1) is 0 Å². The van der Waals surface area contributed by atoms with Gasteiger partial charge in [-0.25, -0.2) is 0 Å². The van der Waals surface area contributed by atoms with Crippen LogP contribution in [0.15, 0.2) is 303 Å². The Morgan fingerprint density at radius 2 is 0.473 bits per heavy atom. The molecule has 442 valence electrons. The van der Waals surface area contributed by atoms with Crippen LogP contribution in [0.1, 0.15) is 89.2 Å². The highest BCUT2D eigenvalue weighted by Crippen LogP contribution is 2.58. The topological polar surface area (TPSA) is 6.48 Å². The number of nitrogens with zero attached hydrogens (tertiary/aromatic N) is 2. The summed E-state index contributed by atoms with van der Waals surface area (Å²) in [6.45, 7) is 4.69. The number of para-hydroxylation sites is 4. The Labute approximate surface area is 537 Å². The lowest BCUT2D eigenvalue weighted by Gasteiger charge is -2.34. The maximum Gasteiger partial charge on any atom is 0.0462 e. The van der Waals surface area contributed by atoms with Crippen molar-refractivity contribution in [2.75, 3.05) is 9.80 Å². The third-order valence-corrected chi connectivity index (χ3v) is 19.6. The summed E-state index contributed by atoms with van der Waals surface area (Å²) in [7, 11) is 0. The largest absolute Gasteiger partial charge is 0.311 e. The Balaban J connectivity index is 0.866. The first-order valence-corrected chi connectivity index (χ1v) is 33.3. The number of anilines is 6. The maximum absolute atomic E-state index is 2.67. The highest BCUT2D eigenvalue weighted by molar-refractivity contribution is 6.23. The summed E-state index contributed by atoms with van der Waals surface area (Å²) in [5.74, 6) is 0. The van der Waals surface area contributed by atoms with E-state index in [1.54, 1.807) is 0 Å². The smallest absolute Gasteiger partial charge is 0.0462 e. The van der Waals surface area contributed by atoms with Crippen molar-refractivity contribution in [2.24, 2.45) is 0 Å². The Bertz CT molecular complexity index is 4370. The van der Waals surface area contributed by atoms with E-state index >= 15 is 0 Å². The van der Waals surface area contributed by atoms with E-state index in [1.165, 1.54) is 161 Å². The minimum Gasteiger partial charge on any atom is -0.311 e. The lowest BCUT2D eigenvalue weighted by atomic mass is 9.69. The normalized spacial score (nSPS) is 12.4. The molecule has 0 unspecified atom stereocenters. The lowest BCUT2D eigenvalue weighted by molar-refractivity contribution is 0.401. The molecule has 14 aromatic rings. The highest BCUT2D eigenvalue weighted by Gasteiger charge is 2.43. The molecular formula is C89H76N2. The molecule has 0 N–H and O–H groups in total. The molecule has 0 aromatic heterocycles. The molecule has 0 fully saturated rings. The predicted octanol–water partition coefficient (Wildman–Crippen LogP) is 26.1. The van der Waals surface area contributed by atoms with Crippen LogP contribution in [0.4, 0.5) is 34.1 Å². The predicted molar refractivity (Wildman–Crippen MR) is 391 cm³/mol. The average Bonchev–Trinajstić information content (AvgIpc) is 1.66. The van der Waals surface area contributed by atoms with Crippen LogP contribution in [0, 0.1) is 0 Å². The van der Waals surface area contributed by atoms with Crippen LogP contribution < -0.4 is 9.80 Å². The number of unbranched alkanes of at least 4 members (excludes halogenated alkanes) is 6. The van der Waals surface area contributed by atoms with Gasteiger partial charge in [0.15, 0.2) is 0 Å². The van der Waals surface area contributed by atoms with Crippen LogP contribution in [-0.4, -0.2) is 0 Å². The number of benzene rings is 14. The summed E-state index contributed by atoms with van der Waals surface area (Å²) < 4.78 is 0. The molecule has 2 heteroatoms. The second kappa shape index (κ2) is 25.3. The van der Waals surface area contributed by atoms with Gasteiger partial charge in [0.25, 0.3) is 0 Å². The summed E-state index contributed by atoms with van der Waals surface area (Å²) in [4.78, 5) is 4.69. The van der Waals surface area contributed by atoms with Crippen LogP contribution in [0.2, 0.25) is 0 Å². The summed E-state index contributed by atoms with van der Waals surface area (Å²) in [6, 6.07) is 113. The van der Waals surface area contributed by atoms with Crippen molar-refractivity contribution in [3.63, 3.8) is 0 Å². The summed E-state index contributed by atoms with van der Waals surface area (Å²) in [6.07, 6.45) is 12.0. The molecular weight excluding hydrogens is 1100 g/mol. The highest BCUT2D eigenvalue weighted by atomic mass is 15.1. The molecule has 1 aliphatic rings. The van der Waals surface area contributed by atoms with Gasteiger partial charge < -0.3 is 9.80 Å². The van der Waals surface area contributed by atoms with Crippen molar-refractivity contribution in [3.8, 4) is 55.6 Å². The zero-order valence-corrected chi connectivity index (χ0v) is 52.3. The summed E-state index contributed by atoms with van der Waals surface area (Å²) in [5, 5.41) is 10.2. The first kappa shape index (κ1) is 57.2. The Hall–Kier alpha value is -10.3. The molecule has 14 aromatic carbocycles. The maximum atomic E-state index is 2.67. The second-order valence-electron chi connectivity index (χ2n) is 25.0. The van der Waals surface area contributed by atoms with Gasteiger partial charge in [-0.15, -0.1) is 0 Å². The molecule has 0 heterocycles. The van der Waals surface area contributed by atoms with Crippen molar-refractivity contribution < 1.29 is 0 Å². The van der Waals surface area contributed by atoms with Gasteiger partial charge in [0.2, 0.25) is 0 Å². The van der Waals surface area contributed by atoms with Crippen LogP contribution in [0.3, 0.4) is 0 Å². The standard InChI is InChI=1S/C89H76N2/c1-3-5-7-29-59-89(60-30-8-6-4-2)83-61-65(87-79-43-25-21-39-75(79)85(76-40-22-26-44-80(76)87)63-47-53-71(54-48-63)90(67-31-13-9-14-32-67)68-33-15-10-16-34-68)51-57-73(83)74-58-52-66(62-84(74)89)88-81-45-27-23-41-77(81)86(78-42-24-28-46-82(78)88)64-49-55-72(56-50-64)91(69-35-17-11-18-36-69)70-37-19-12-20-38-70/h9-28,31-58,61-62H,3-8,29-30,59-60H2,1-2H3. The zero-order chi connectivity index (χ0) is 61.1. The first-order chi connectivity index (χ1) is 45.1. The molecule has 0 atom stereocenters. The van der Waals surface area contributed by atoms with Crippen LogP contribution >= 0.6 is 0 Å². The summed E-state index contributed by atoms with van der Waals surface area (Å²) >= 11 is 0. The number of fused-ring (bicyclic) bond motifs is 7. The van der Waals surface area contributed by atoms with Crippen molar-refractivity contribution >= 4 is 77.2 Å². The van der Waals surface area contributed by atoms with Crippen LogP contribution in [-0.2, 0) is 5.41 Å². The van der Waals surface area contributed by atoms with E-state index in [0.29, 0.717) is 0 Å². The van der Waals surface area contributed by atoms with E-state index in [0.717, 1.165) is 47.0 Å². The molecule has 15 rings (SSSR count). The molecule has 0 saturated heterocycles. The molecule has 0 bridgehead atoms. The number of rotatable bonds is 20. The third kappa shape index (κ3) is 10.5. The van der Waals surface area contributed by atoms with Gasteiger partial charge in [-0.2, -0.15) is 0 Å². The fourth-order valence-corrected chi connectivity index (χ4v) is 15.4. The molecule has 0 amide bonds. The minimum atomic E-state index is -0.167. The molecule has 0 saturated carbocycles. The quantitative estimate of drug-likeness (QED) is 0.0554. The molecule has 1 aliphatic carbocycles. The van der Waals surface area contributed by atoms with Crippen molar-refractivity contribution in [2.45, 2.75) is 83.5 Å². The Morgan fingerprint density at radius 1 is 0.231 bits per heavy atom. The minimum absolute atomic E-state index is 0.167. The van der Waals surface area contributed by atoms with E-state index in [4.69, 9.17) is 0 Å². The Morgan fingerprint density at radius 3 is 0.747 bits per heavy atom. The first-order valence-electron chi connectivity index (χ1n) is 33.3. The van der Waals surface area contributed by atoms with Gasteiger partial charge in [-0.3, -0.25) is 0 Å². The lowest BCUT2D eigenvalue weighted by Crippen LogP contribution is -2.25. The average molecular weight is 1170 g/mol. The fraction of sp³-hybridized carbons (Fsp3) is 0.146. The van der Waals surface area contributed by atoms with E-state index < -0.39 is 0 Å². The molecule has 0 spiro atoms. The van der Waals surface area contributed by atoms with Gasteiger partial charge in [0, 0.05) is 39.5 Å². The van der Waals surface area contributed by atoms with Gasteiger partial charge in [-0.1, -0.05) is 284 Å². The summed E-state index contributed by atoms with van der Waals surface area (Å²) in [5.41, 5.74) is 22.6. The van der Waals surface area contributed by atoms with Crippen molar-refractivity contribution in [1.29, 1.82) is 0 Å². The van der Waals surface area contributed by atoms with Crippen LogP contribution in [0.5, 0.6) is 0 Å². The molecule has 2 nitrogen and oxygen atoms in total. The van der Waals surface area contributed by atoms with E-state index in [2.05, 4.69) is 327 Å². The van der Waals surface area contributed by atoms with Crippen molar-refractivity contribution in [1.82, 2.24) is 0 Å². The molecule has 91 heavy (non-hydrogen) atoms. The van der Waals surface area contributed by atoms with E-state index in [-0.39, 0.29) is 5.41 Å². The van der Waals surface area contributed by atoms with Crippen molar-refractivity contribution in [3.05, 3.63) is 314 Å². The van der Waals surface area contributed by atoms with E-state index in [1.807, 2.05) is 0 Å². The third-order valence-electron chi connectivity index (χ3n) is 19.6. The number of hydrogen-bond donors (Lipinski definition) is 0. The van der Waals surface area contributed by atoms with Gasteiger partial charge >= 0.3 is 0 Å². The molecule has 0 aliphatic heterocycles. The fourth-order valence-electron chi connectivity index (χ4n) is 15.4. The number of hydrogen-bond acceptors (Lipinski definition) is 2. The van der Waals surface area contributed by atoms with Gasteiger partial charge in [0.1, 0.15) is 0 Å².